The van der Waals surface area contributed by atoms with E-state index in [0.29, 0.717) is 12.5 Å². The fraction of sp³-hybridized carbons (Fsp3) is 0.500. The molecule has 0 amide bonds. The quantitative estimate of drug-likeness (QED) is 0.426. The average Bonchev–Trinajstić information content (AvgIpc) is 2.51. The molecule has 0 aromatic heterocycles. The lowest BCUT2D eigenvalue weighted by Crippen LogP contribution is -2.42. The van der Waals surface area contributed by atoms with E-state index >= 15 is 0 Å². The van der Waals surface area contributed by atoms with E-state index < -0.39 is 12.8 Å². The van der Waals surface area contributed by atoms with Crippen LogP contribution in [0, 0.1) is 0 Å². The summed E-state index contributed by atoms with van der Waals surface area (Å²) in [5.74, 6) is 2.70. The zero-order valence-corrected chi connectivity index (χ0v) is 15.5. The highest BCUT2D eigenvalue weighted by Gasteiger charge is 2.28. The van der Waals surface area contributed by atoms with E-state index in [1.807, 2.05) is 16.7 Å². The van der Waals surface area contributed by atoms with E-state index in [1.54, 1.807) is 18.2 Å². The van der Waals surface area contributed by atoms with Gasteiger partial charge < -0.3 is 15.4 Å². The minimum absolute atomic E-state index is 0. The number of halogens is 4. The molecule has 0 unspecified atom stereocenters. The second kappa shape index (κ2) is 9.45. The number of aliphatic imine (C=N–C) groups is 1. The Hall–Kier alpha value is -0.840. The molecule has 1 saturated heterocycles. The Morgan fingerprint density at radius 3 is 2.65 bits per heavy atom. The van der Waals surface area contributed by atoms with Crippen LogP contribution in [-0.4, -0.2) is 48.2 Å². The Morgan fingerprint density at radius 1 is 1.30 bits per heavy atom. The van der Waals surface area contributed by atoms with Crippen molar-refractivity contribution in [1.82, 2.24) is 4.90 Å². The topological polar surface area (TPSA) is 50.9 Å². The molecule has 1 heterocycles. The molecule has 9 heteroatoms. The lowest BCUT2D eigenvalue weighted by molar-refractivity contribution is -0.153. The molecular weight excluding hydrogens is 442 g/mol. The van der Waals surface area contributed by atoms with E-state index in [0.717, 1.165) is 30.2 Å². The third-order valence-corrected chi connectivity index (χ3v) is 4.00. The van der Waals surface area contributed by atoms with Gasteiger partial charge in [-0.2, -0.15) is 24.9 Å². The van der Waals surface area contributed by atoms with Gasteiger partial charge in [0.1, 0.15) is 5.75 Å². The first-order valence-electron chi connectivity index (χ1n) is 6.85. The highest BCUT2D eigenvalue weighted by atomic mass is 127. The third kappa shape index (κ3) is 7.51. The van der Waals surface area contributed by atoms with E-state index in [1.165, 1.54) is 6.07 Å². The largest absolute Gasteiger partial charge is 0.484 e. The van der Waals surface area contributed by atoms with Crippen LogP contribution in [0.3, 0.4) is 0 Å². The molecule has 0 atom stereocenters. The van der Waals surface area contributed by atoms with Crippen molar-refractivity contribution in [3.63, 3.8) is 0 Å². The van der Waals surface area contributed by atoms with Crippen LogP contribution < -0.4 is 10.5 Å². The van der Waals surface area contributed by atoms with E-state index in [-0.39, 0.29) is 29.7 Å². The zero-order chi connectivity index (χ0) is 16.0. The number of hydrogen-bond acceptors (Lipinski definition) is 3. The fourth-order valence-corrected chi connectivity index (χ4v) is 2.87. The van der Waals surface area contributed by atoms with Crippen LogP contribution in [0.1, 0.15) is 5.56 Å². The minimum Gasteiger partial charge on any atom is -0.484 e. The van der Waals surface area contributed by atoms with Crippen molar-refractivity contribution in [2.75, 3.05) is 31.2 Å². The smallest absolute Gasteiger partial charge is 0.422 e. The first-order chi connectivity index (χ1) is 10.4. The summed E-state index contributed by atoms with van der Waals surface area (Å²) >= 11 is 1.88. The normalized spacial score (nSPS) is 16.0. The van der Waals surface area contributed by atoms with Gasteiger partial charge in [0, 0.05) is 24.6 Å². The molecule has 0 saturated carbocycles. The summed E-state index contributed by atoms with van der Waals surface area (Å²) in [6, 6.07) is 6.46. The number of nitrogens with two attached hydrogens (primary N) is 1. The number of nitrogens with zero attached hydrogens (tertiary/aromatic N) is 2. The second-order valence-electron chi connectivity index (χ2n) is 4.83. The molecule has 4 nitrogen and oxygen atoms in total. The summed E-state index contributed by atoms with van der Waals surface area (Å²) in [6.07, 6.45) is -4.34. The fourth-order valence-electron chi connectivity index (χ4n) is 1.96. The Balaban J connectivity index is 0.00000264. The summed E-state index contributed by atoms with van der Waals surface area (Å²) in [7, 11) is 0. The van der Waals surface area contributed by atoms with Gasteiger partial charge in [-0.05, 0) is 17.7 Å². The molecule has 2 rings (SSSR count). The van der Waals surface area contributed by atoms with E-state index in [9.17, 15) is 13.2 Å². The number of benzene rings is 1. The van der Waals surface area contributed by atoms with Crippen LogP contribution in [-0.2, 0) is 6.54 Å². The first kappa shape index (κ1) is 20.2. The van der Waals surface area contributed by atoms with Crippen molar-refractivity contribution in [3.8, 4) is 5.75 Å². The summed E-state index contributed by atoms with van der Waals surface area (Å²) in [6.45, 7) is 0.759. The standard InChI is InChI=1S/C14H18F3N3OS.HI/c15-14(16,17)10-21-12-3-1-2-11(8-12)9-19-13(18)20-4-6-22-7-5-20;/h1-3,8H,4-7,9-10H2,(H2,18,19);1H. The molecule has 1 fully saturated rings. The van der Waals surface area contributed by atoms with Crippen LogP contribution >= 0.6 is 35.7 Å². The predicted octanol–water partition coefficient (Wildman–Crippen LogP) is 3.11. The maximum atomic E-state index is 12.1. The first-order valence-corrected chi connectivity index (χ1v) is 8.00. The van der Waals surface area contributed by atoms with E-state index in [2.05, 4.69) is 4.99 Å². The van der Waals surface area contributed by atoms with Crippen molar-refractivity contribution in [2.24, 2.45) is 10.7 Å². The van der Waals surface area contributed by atoms with Gasteiger partial charge in [-0.25, -0.2) is 4.99 Å². The van der Waals surface area contributed by atoms with Gasteiger partial charge in [0.25, 0.3) is 0 Å². The second-order valence-corrected chi connectivity index (χ2v) is 6.05. The number of hydrogen-bond donors (Lipinski definition) is 1. The molecule has 0 bridgehead atoms. The number of alkyl halides is 3. The van der Waals surface area contributed by atoms with E-state index in [4.69, 9.17) is 10.5 Å². The van der Waals surface area contributed by atoms with Crippen LogP contribution in [0.25, 0.3) is 0 Å². The highest BCUT2D eigenvalue weighted by Crippen LogP contribution is 2.19. The van der Waals surface area contributed by atoms with Crippen LogP contribution in [0.2, 0.25) is 0 Å². The number of thioether (sulfide) groups is 1. The molecule has 0 radical (unpaired) electrons. The molecule has 0 spiro atoms. The Morgan fingerprint density at radius 2 is 2.00 bits per heavy atom. The summed E-state index contributed by atoms with van der Waals surface area (Å²) < 4.78 is 41.1. The van der Waals surface area contributed by atoms with Crippen LogP contribution in [0.5, 0.6) is 5.75 Å². The predicted molar refractivity (Wildman–Crippen MR) is 97.6 cm³/mol. The van der Waals surface area contributed by atoms with Crippen molar-refractivity contribution < 1.29 is 17.9 Å². The molecule has 1 aliphatic rings. The molecule has 130 valence electrons. The Bertz CT molecular complexity index is 522. The maximum Gasteiger partial charge on any atom is 0.422 e. The zero-order valence-electron chi connectivity index (χ0n) is 12.4. The van der Waals surface area contributed by atoms with Gasteiger partial charge in [-0.15, -0.1) is 24.0 Å². The highest BCUT2D eigenvalue weighted by molar-refractivity contribution is 14.0. The minimum atomic E-state index is -4.34. The lowest BCUT2D eigenvalue weighted by Gasteiger charge is -2.27. The van der Waals surface area contributed by atoms with Gasteiger partial charge in [0.05, 0.1) is 6.54 Å². The number of guanidine groups is 1. The molecule has 1 aromatic rings. The van der Waals surface area contributed by atoms with Gasteiger partial charge >= 0.3 is 6.18 Å². The van der Waals surface area contributed by atoms with Crippen molar-refractivity contribution >= 4 is 41.7 Å². The molecule has 2 N–H and O–H groups in total. The van der Waals surface area contributed by atoms with Gasteiger partial charge in [0.2, 0.25) is 0 Å². The Labute approximate surface area is 154 Å². The molecule has 23 heavy (non-hydrogen) atoms. The number of ether oxygens (including phenoxy) is 1. The molecule has 1 aromatic carbocycles. The van der Waals surface area contributed by atoms with Gasteiger partial charge in [0.15, 0.2) is 12.6 Å². The van der Waals surface area contributed by atoms with Gasteiger partial charge in [-0.3, -0.25) is 0 Å². The molecule has 1 aliphatic heterocycles. The average molecular weight is 461 g/mol. The molecular formula is C14H19F3IN3OS. The van der Waals surface area contributed by atoms with Gasteiger partial charge in [-0.1, -0.05) is 12.1 Å². The van der Waals surface area contributed by atoms with Crippen LogP contribution in [0.15, 0.2) is 29.3 Å². The summed E-state index contributed by atoms with van der Waals surface area (Å²) in [4.78, 5) is 6.32. The number of rotatable bonds is 4. The van der Waals surface area contributed by atoms with Crippen molar-refractivity contribution in [1.29, 1.82) is 0 Å². The SMILES string of the molecule is I.NC(=NCc1cccc(OCC(F)(F)F)c1)N1CCSCC1. The Kier molecular flexibility index (Phi) is 8.31. The molecule has 0 aliphatic carbocycles. The lowest BCUT2D eigenvalue weighted by atomic mass is 10.2. The van der Waals surface area contributed by atoms with Crippen LogP contribution in [0.4, 0.5) is 13.2 Å². The summed E-state index contributed by atoms with van der Waals surface area (Å²) in [5, 5.41) is 0. The van der Waals surface area contributed by atoms with Crippen molar-refractivity contribution in [3.05, 3.63) is 29.8 Å². The maximum absolute atomic E-state index is 12.1. The third-order valence-electron chi connectivity index (χ3n) is 3.06. The van der Waals surface area contributed by atoms with Crippen molar-refractivity contribution in [2.45, 2.75) is 12.7 Å². The monoisotopic (exact) mass is 461 g/mol. The summed E-state index contributed by atoms with van der Waals surface area (Å²) in [5.41, 5.74) is 6.70.